The van der Waals surface area contributed by atoms with Gasteiger partial charge in [0.25, 0.3) is 0 Å². The van der Waals surface area contributed by atoms with Gasteiger partial charge in [0, 0.05) is 46.5 Å². The number of nitrogens with two attached hydrogens (primary N) is 1. The predicted octanol–water partition coefficient (Wildman–Crippen LogP) is 4.73. The Balaban J connectivity index is 1.28. The summed E-state index contributed by atoms with van der Waals surface area (Å²) in [5, 5.41) is 2.31. The van der Waals surface area contributed by atoms with Crippen LogP contribution in [0.25, 0.3) is 32.9 Å². The predicted molar refractivity (Wildman–Crippen MR) is 120 cm³/mol. The maximum absolute atomic E-state index is 6.35. The minimum absolute atomic E-state index is 0.111. The van der Waals surface area contributed by atoms with Crippen LogP contribution in [0.3, 0.4) is 0 Å². The normalized spacial score (nSPS) is 12.3. The van der Waals surface area contributed by atoms with Crippen LogP contribution in [0.1, 0.15) is 5.56 Å². The van der Waals surface area contributed by atoms with Crippen LogP contribution in [0.2, 0.25) is 0 Å². The summed E-state index contributed by atoms with van der Waals surface area (Å²) >= 11 is 0. The number of hydrogen-bond donors (Lipinski definition) is 2. The van der Waals surface area contributed by atoms with Gasteiger partial charge in [-0.1, -0.05) is 30.3 Å². The Hall–Kier alpha value is -3.70. The molecule has 5 rings (SSSR count). The van der Waals surface area contributed by atoms with E-state index >= 15 is 0 Å². The van der Waals surface area contributed by atoms with Gasteiger partial charge >= 0.3 is 0 Å². The van der Waals surface area contributed by atoms with Crippen molar-refractivity contribution in [3.63, 3.8) is 0 Å². The number of aromatic nitrogens is 3. The van der Waals surface area contributed by atoms with Crippen molar-refractivity contribution in [3.05, 3.63) is 91.0 Å². The van der Waals surface area contributed by atoms with Gasteiger partial charge in [0.2, 0.25) is 0 Å². The van der Waals surface area contributed by atoms with E-state index in [4.69, 9.17) is 10.5 Å². The summed E-state index contributed by atoms with van der Waals surface area (Å²) in [6, 6.07) is 20.3. The number of benzene rings is 2. The minimum Gasteiger partial charge on any atom is -0.490 e. The van der Waals surface area contributed by atoms with E-state index in [0.717, 1.165) is 34.0 Å². The molecule has 3 heterocycles. The van der Waals surface area contributed by atoms with Gasteiger partial charge in [0.15, 0.2) is 0 Å². The molecule has 0 saturated heterocycles. The van der Waals surface area contributed by atoms with Crippen LogP contribution >= 0.6 is 0 Å². The highest BCUT2D eigenvalue weighted by atomic mass is 16.5. The smallest absolute Gasteiger partial charge is 0.138 e. The molecule has 0 aliphatic heterocycles. The number of H-pyrrole nitrogens is 1. The van der Waals surface area contributed by atoms with E-state index in [-0.39, 0.29) is 6.04 Å². The highest BCUT2D eigenvalue weighted by Gasteiger charge is 2.10. The topological polar surface area (TPSA) is 76.8 Å². The van der Waals surface area contributed by atoms with Crippen LogP contribution in [0.15, 0.2) is 85.5 Å². The molecule has 0 saturated carbocycles. The monoisotopic (exact) mass is 394 g/mol. The number of para-hydroxylation sites is 1. The van der Waals surface area contributed by atoms with E-state index in [1.807, 2.05) is 42.7 Å². The summed E-state index contributed by atoms with van der Waals surface area (Å²) in [7, 11) is 0. The zero-order valence-corrected chi connectivity index (χ0v) is 16.5. The molecule has 3 aromatic heterocycles. The van der Waals surface area contributed by atoms with Crippen molar-refractivity contribution in [3.8, 4) is 16.9 Å². The fourth-order valence-corrected chi connectivity index (χ4v) is 3.76. The first-order valence-electron chi connectivity index (χ1n) is 10.00. The minimum atomic E-state index is -0.111. The van der Waals surface area contributed by atoms with Crippen molar-refractivity contribution in [1.82, 2.24) is 15.0 Å². The molecule has 0 aliphatic carbocycles. The number of nitrogens with zero attached hydrogens (tertiary/aromatic N) is 2. The average Bonchev–Trinajstić information content (AvgIpc) is 3.20. The van der Waals surface area contributed by atoms with Crippen LogP contribution in [0.5, 0.6) is 5.75 Å². The molecule has 2 aromatic carbocycles. The van der Waals surface area contributed by atoms with E-state index < -0.39 is 0 Å². The Labute approximate surface area is 174 Å². The fourth-order valence-electron chi connectivity index (χ4n) is 3.76. The Morgan fingerprint density at radius 2 is 1.90 bits per heavy atom. The molecule has 5 aromatic rings. The number of ether oxygens (including phenoxy) is 1. The van der Waals surface area contributed by atoms with Gasteiger partial charge in [-0.05, 0) is 47.9 Å². The molecule has 0 aliphatic rings. The highest BCUT2D eigenvalue weighted by molar-refractivity contribution is 5.84. The number of nitrogens with one attached hydrogen (secondary N) is 1. The second-order valence-corrected chi connectivity index (χ2v) is 7.45. The molecule has 5 heteroatoms. The van der Waals surface area contributed by atoms with Crippen molar-refractivity contribution in [2.75, 3.05) is 6.61 Å². The SMILES string of the molecule is N[C@H](COc1cncc(-c2ccc3ncccc3c2)c1)Cc1c[nH]c2ccccc12. The average molecular weight is 394 g/mol. The number of fused-ring (bicyclic) bond motifs is 2. The molecule has 3 N–H and O–H groups in total. The lowest BCUT2D eigenvalue weighted by Gasteiger charge is -2.13. The Bertz CT molecular complexity index is 1310. The molecule has 0 bridgehead atoms. The summed E-state index contributed by atoms with van der Waals surface area (Å²) in [5.74, 6) is 0.716. The highest BCUT2D eigenvalue weighted by Crippen LogP contribution is 2.26. The van der Waals surface area contributed by atoms with Crippen LogP contribution in [-0.4, -0.2) is 27.6 Å². The van der Waals surface area contributed by atoms with Gasteiger partial charge in [-0.3, -0.25) is 9.97 Å². The van der Waals surface area contributed by atoms with Crippen molar-refractivity contribution in [2.24, 2.45) is 5.73 Å². The Morgan fingerprint density at radius 3 is 2.87 bits per heavy atom. The van der Waals surface area contributed by atoms with Crippen molar-refractivity contribution in [2.45, 2.75) is 12.5 Å². The lowest BCUT2D eigenvalue weighted by Crippen LogP contribution is -2.30. The quantitative estimate of drug-likeness (QED) is 0.437. The van der Waals surface area contributed by atoms with E-state index in [1.54, 1.807) is 12.4 Å². The lowest BCUT2D eigenvalue weighted by atomic mass is 10.0. The third kappa shape index (κ3) is 3.75. The zero-order chi connectivity index (χ0) is 20.3. The standard InChI is InChI=1S/C25H22N4O/c26-21(11-20-14-29-25-6-2-1-5-23(20)25)16-30-22-12-19(13-27-15-22)17-7-8-24-18(10-17)4-3-9-28-24/h1-10,12-15,21,29H,11,16,26H2/t21-/m0/s1. The van der Waals surface area contributed by atoms with Crippen LogP contribution in [0.4, 0.5) is 0 Å². The molecular weight excluding hydrogens is 372 g/mol. The van der Waals surface area contributed by atoms with Gasteiger partial charge in [-0.25, -0.2) is 0 Å². The number of rotatable bonds is 6. The van der Waals surface area contributed by atoms with Crippen molar-refractivity contribution >= 4 is 21.8 Å². The molecule has 0 radical (unpaired) electrons. The Kier molecular flexibility index (Phi) is 4.87. The largest absolute Gasteiger partial charge is 0.490 e. The van der Waals surface area contributed by atoms with E-state index in [1.165, 1.54) is 10.9 Å². The maximum atomic E-state index is 6.35. The summed E-state index contributed by atoms with van der Waals surface area (Å²) in [6.07, 6.45) is 8.15. The summed E-state index contributed by atoms with van der Waals surface area (Å²) in [5.41, 5.74) is 11.7. The fraction of sp³-hybridized carbons (Fsp3) is 0.120. The van der Waals surface area contributed by atoms with Crippen LogP contribution in [-0.2, 0) is 6.42 Å². The van der Waals surface area contributed by atoms with E-state index in [9.17, 15) is 0 Å². The molecule has 0 amide bonds. The molecule has 0 spiro atoms. The second-order valence-electron chi connectivity index (χ2n) is 7.45. The molecule has 0 unspecified atom stereocenters. The third-order valence-electron chi connectivity index (χ3n) is 5.27. The first kappa shape index (κ1) is 18.3. The lowest BCUT2D eigenvalue weighted by molar-refractivity contribution is 0.287. The van der Waals surface area contributed by atoms with Crippen molar-refractivity contribution in [1.29, 1.82) is 0 Å². The van der Waals surface area contributed by atoms with Crippen LogP contribution in [0, 0.1) is 0 Å². The molecule has 1 atom stereocenters. The van der Waals surface area contributed by atoms with Crippen molar-refractivity contribution < 1.29 is 4.74 Å². The third-order valence-corrected chi connectivity index (χ3v) is 5.27. The second kappa shape index (κ2) is 7.97. The molecular formula is C25H22N4O. The summed E-state index contributed by atoms with van der Waals surface area (Å²) < 4.78 is 5.97. The first-order valence-corrected chi connectivity index (χ1v) is 10.00. The Morgan fingerprint density at radius 1 is 0.967 bits per heavy atom. The van der Waals surface area contributed by atoms with Gasteiger partial charge in [0.05, 0.1) is 11.7 Å². The maximum Gasteiger partial charge on any atom is 0.138 e. The van der Waals surface area contributed by atoms with Gasteiger partial charge < -0.3 is 15.5 Å². The van der Waals surface area contributed by atoms with Crippen LogP contribution < -0.4 is 10.5 Å². The number of aromatic amines is 1. The molecule has 0 fully saturated rings. The number of hydrogen-bond acceptors (Lipinski definition) is 4. The molecule has 5 nitrogen and oxygen atoms in total. The molecule has 30 heavy (non-hydrogen) atoms. The van der Waals surface area contributed by atoms with Gasteiger partial charge in [-0.15, -0.1) is 0 Å². The summed E-state index contributed by atoms with van der Waals surface area (Å²) in [4.78, 5) is 12.0. The zero-order valence-electron chi connectivity index (χ0n) is 16.5. The summed E-state index contributed by atoms with van der Waals surface area (Å²) in [6.45, 7) is 0.423. The van der Waals surface area contributed by atoms with Gasteiger partial charge in [0.1, 0.15) is 12.4 Å². The number of pyridine rings is 2. The van der Waals surface area contributed by atoms with Gasteiger partial charge in [-0.2, -0.15) is 0 Å². The van der Waals surface area contributed by atoms with E-state index in [0.29, 0.717) is 12.4 Å². The molecule has 148 valence electrons. The first-order chi connectivity index (χ1) is 14.8. The van der Waals surface area contributed by atoms with E-state index in [2.05, 4.69) is 45.3 Å².